The summed E-state index contributed by atoms with van der Waals surface area (Å²) in [5.41, 5.74) is 0.932. The molecule has 1 rings (SSSR count). The monoisotopic (exact) mass is 279 g/mol. The summed E-state index contributed by atoms with van der Waals surface area (Å²) in [7, 11) is 0. The summed E-state index contributed by atoms with van der Waals surface area (Å²) in [6, 6.07) is 0.138. The molecule has 1 aromatic rings. The lowest BCUT2D eigenvalue weighted by atomic mass is 10.3. The number of hydrogen-bond acceptors (Lipinski definition) is 5. The molecule has 6 heteroatoms. The normalized spacial score (nSPS) is 10.5. The van der Waals surface area contributed by atoms with Crippen molar-refractivity contribution in [3.8, 4) is 0 Å². The van der Waals surface area contributed by atoms with Gasteiger partial charge in [-0.05, 0) is 27.7 Å². The van der Waals surface area contributed by atoms with Crippen LogP contribution in [0.1, 0.15) is 39.1 Å². The Labute approximate surface area is 120 Å². The van der Waals surface area contributed by atoms with Crippen molar-refractivity contribution in [3.63, 3.8) is 0 Å². The number of nitrogens with one attached hydrogen (secondary N) is 3. The lowest BCUT2D eigenvalue weighted by Crippen LogP contribution is -2.35. The minimum atomic E-state index is -0.0407. The molecule has 0 saturated carbocycles. The largest absolute Gasteiger partial charge is 0.370 e. The Bertz CT molecular complexity index is 459. The molecule has 0 aliphatic rings. The van der Waals surface area contributed by atoms with Gasteiger partial charge in [-0.25, -0.2) is 9.97 Å². The van der Waals surface area contributed by atoms with E-state index in [9.17, 15) is 4.79 Å². The lowest BCUT2D eigenvalue weighted by molar-refractivity contribution is -0.119. The van der Waals surface area contributed by atoms with Gasteiger partial charge in [0.15, 0.2) is 0 Å². The van der Waals surface area contributed by atoms with Crippen molar-refractivity contribution >= 4 is 17.5 Å². The van der Waals surface area contributed by atoms with Crippen molar-refractivity contribution in [1.29, 1.82) is 0 Å². The third kappa shape index (κ3) is 4.68. The van der Waals surface area contributed by atoms with E-state index in [1.165, 1.54) is 0 Å². The molecule has 0 atom stereocenters. The maximum absolute atomic E-state index is 11.7. The molecule has 0 saturated heterocycles. The minimum Gasteiger partial charge on any atom is -0.370 e. The van der Waals surface area contributed by atoms with Crippen LogP contribution in [0.5, 0.6) is 0 Å². The van der Waals surface area contributed by atoms with Crippen LogP contribution in [0, 0.1) is 6.92 Å². The average molecular weight is 279 g/mol. The summed E-state index contributed by atoms with van der Waals surface area (Å²) < 4.78 is 0. The van der Waals surface area contributed by atoms with E-state index in [1.807, 2.05) is 34.6 Å². The third-order valence-electron chi connectivity index (χ3n) is 2.72. The number of carbonyl (C=O) groups is 1. The number of anilines is 2. The zero-order chi connectivity index (χ0) is 15.1. The van der Waals surface area contributed by atoms with Crippen LogP contribution in [0.15, 0.2) is 0 Å². The Morgan fingerprint density at radius 2 is 1.75 bits per heavy atom. The van der Waals surface area contributed by atoms with Gasteiger partial charge < -0.3 is 16.0 Å². The smallest absolute Gasteiger partial charge is 0.239 e. The number of aromatic nitrogens is 2. The molecule has 0 bridgehead atoms. The van der Waals surface area contributed by atoms with Gasteiger partial charge in [0, 0.05) is 24.6 Å². The molecular formula is C14H25N5O. The molecule has 3 N–H and O–H groups in total. The fourth-order valence-corrected chi connectivity index (χ4v) is 1.77. The van der Waals surface area contributed by atoms with Gasteiger partial charge in [0.2, 0.25) is 5.91 Å². The van der Waals surface area contributed by atoms with E-state index >= 15 is 0 Å². The highest BCUT2D eigenvalue weighted by molar-refractivity contribution is 5.81. The molecule has 1 aromatic heterocycles. The maximum Gasteiger partial charge on any atom is 0.239 e. The van der Waals surface area contributed by atoms with Crippen molar-refractivity contribution < 1.29 is 4.79 Å². The minimum absolute atomic E-state index is 0.0407. The molecule has 0 aliphatic carbocycles. The van der Waals surface area contributed by atoms with E-state index in [0.29, 0.717) is 5.82 Å². The standard InChI is InChI=1S/C14H25N5O/c1-6-11-18-13(15-7-2)10(5)14(19-11)16-8-12(20)17-9(3)4/h9H,6-8H2,1-5H3,(H,17,20)(H2,15,16,18,19). The molecule has 20 heavy (non-hydrogen) atoms. The predicted octanol–water partition coefficient (Wildman–Crippen LogP) is 1.72. The Hall–Kier alpha value is -1.85. The van der Waals surface area contributed by atoms with Crippen LogP contribution in [0.2, 0.25) is 0 Å². The molecule has 0 spiro atoms. The Morgan fingerprint density at radius 3 is 2.25 bits per heavy atom. The quantitative estimate of drug-likeness (QED) is 0.708. The average Bonchev–Trinajstić information content (AvgIpc) is 2.39. The van der Waals surface area contributed by atoms with E-state index in [2.05, 4.69) is 25.9 Å². The second-order valence-corrected chi connectivity index (χ2v) is 4.92. The van der Waals surface area contributed by atoms with Gasteiger partial charge in [-0.1, -0.05) is 6.92 Å². The number of hydrogen-bond donors (Lipinski definition) is 3. The lowest BCUT2D eigenvalue weighted by Gasteiger charge is -2.14. The van der Waals surface area contributed by atoms with Gasteiger partial charge in [-0.2, -0.15) is 0 Å². The highest BCUT2D eigenvalue weighted by Gasteiger charge is 2.11. The van der Waals surface area contributed by atoms with Gasteiger partial charge >= 0.3 is 0 Å². The van der Waals surface area contributed by atoms with Crippen LogP contribution in [0.3, 0.4) is 0 Å². The number of amides is 1. The Morgan fingerprint density at radius 1 is 1.15 bits per heavy atom. The second kappa shape index (κ2) is 7.67. The summed E-state index contributed by atoms with van der Waals surface area (Å²) in [4.78, 5) is 20.6. The fraction of sp³-hybridized carbons (Fsp3) is 0.643. The molecular weight excluding hydrogens is 254 g/mol. The van der Waals surface area contributed by atoms with Crippen molar-refractivity contribution in [2.24, 2.45) is 0 Å². The molecule has 0 radical (unpaired) electrons. The zero-order valence-corrected chi connectivity index (χ0v) is 13.0. The maximum atomic E-state index is 11.7. The topological polar surface area (TPSA) is 78.9 Å². The number of rotatable bonds is 7. The first-order valence-electron chi connectivity index (χ1n) is 7.12. The fourth-order valence-electron chi connectivity index (χ4n) is 1.77. The highest BCUT2D eigenvalue weighted by Crippen LogP contribution is 2.19. The summed E-state index contributed by atoms with van der Waals surface area (Å²) in [5, 5.41) is 9.15. The number of carbonyl (C=O) groups excluding carboxylic acids is 1. The Kier molecular flexibility index (Phi) is 6.21. The van der Waals surface area contributed by atoms with E-state index in [4.69, 9.17) is 0 Å². The number of nitrogens with zero attached hydrogens (tertiary/aromatic N) is 2. The van der Waals surface area contributed by atoms with Crippen LogP contribution in [-0.2, 0) is 11.2 Å². The first kappa shape index (κ1) is 16.2. The molecule has 1 amide bonds. The van der Waals surface area contributed by atoms with Crippen molar-refractivity contribution in [2.45, 2.75) is 47.1 Å². The number of aryl methyl sites for hydroxylation is 1. The molecule has 0 aromatic carbocycles. The Balaban J connectivity index is 2.82. The van der Waals surface area contributed by atoms with Gasteiger partial charge in [0.1, 0.15) is 17.5 Å². The van der Waals surface area contributed by atoms with Crippen LogP contribution in [0.25, 0.3) is 0 Å². The predicted molar refractivity (Wildman–Crippen MR) is 82.1 cm³/mol. The first-order chi connectivity index (χ1) is 9.47. The van der Waals surface area contributed by atoms with E-state index in [0.717, 1.165) is 30.2 Å². The summed E-state index contributed by atoms with van der Waals surface area (Å²) in [5.74, 6) is 2.26. The van der Waals surface area contributed by atoms with Crippen LogP contribution < -0.4 is 16.0 Å². The van der Waals surface area contributed by atoms with E-state index < -0.39 is 0 Å². The molecule has 6 nitrogen and oxygen atoms in total. The summed E-state index contributed by atoms with van der Waals surface area (Å²) in [6.07, 6.45) is 0.756. The van der Waals surface area contributed by atoms with Gasteiger partial charge in [0.05, 0.1) is 6.54 Å². The van der Waals surface area contributed by atoms with Crippen LogP contribution in [-0.4, -0.2) is 35.0 Å². The van der Waals surface area contributed by atoms with Crippen molar-refractivity contribution in [1.82, 2.24) is 15.3 Å². The van der Waals surface area contributed by atoms with Gasteiger partial charge in [0.25, 0.3) is 0 Å². The van der Waals surface area contributed by atoms with E-state index in [1.54, 1.807) is 0 Å². The van der Waals surface area contributed by atoms with Crippen LogP contribution >= 0.6 is 0 Å². The van der Waals surface area contributed by atoms with Gasteiger partial charge in [-0.15, -0.1) is 0 Å². The first-order valence-corrected chi connectivity index (χ1v) is 7.12. The molecule has 112 valence electrons. The van der Waals surface area contributed by atoms with Gasteiger partial charge in [-0.3, -0.25) is 4.79 Å². The summed E-state index contributed by atoms with van der Waals surface area (Å²) >= 11 is 0. The molecule has 1 heterocycles. The van der Waals surface area contributed by atoms with E-state index in [-0.39, 0.29) is 18.5 Å². The highest BCUT2D eigenvalue weighted by atomic mass is 16.1. The summed E-state index contributed by atoms with van der Waals surface area (Å²) in [6.45, 7) is 10.9. The zero-order valence-electron chi connectivity index (χ0n) is 13.0. The second-order valence-electron chi connectivity index (χ2n) is 4.92. The van der Waals surface area contributed by atoms with Crippen molar-refractivity contribution in [3.05, 3.63) is 11.4 Å². The molecule has 0 aliphatic heterocycles. The molecule has 0 fully saturated rings. The SMILES string of the molecule is CCNc1nc(CC)nc(NCC(=O)NC(C)C)c1C. The van der Waals surface area contributed by atoms with Crippen molar-refractivity contribution in [2.75, 3.05) is 23.7 Å². The molecule has 0 unspecified atom stereocenters. The van der Waals surface area contributed by atoms with Crippen LogP contribution in [0.4, 0.5) is 11.6 Å². The third-order valence-corrected chi connectivity index (χ3v) is 2.72.